The molecule has 0 radical (unpaired) electrons. The molecule has 1 unspecified atom stereocenters. The number of H-pyrrole nitrogens is 1. The van der Waals surface area contributed by atoms with Crippen LogP contribution >= 0.6 is 11.8 Å². The van der Waals surface area contributed by atoms with Crippen LogP contribution in [0, 0.1) is 29.4 Å². The van der Waals surface area contributed by atoms with Crippen molar-refractivity contribution in [3.05, 3.63) is 63.7 Å². The molecule has 262 valence electrons. The van der Waals surface area contributed by atoms with E-state index in [4.69, 9.17) is 0 Å². The molecular weight excluding hydrogens is 666 g/mol. The van der Waals surface area contributed by atoms with Crippen molar-refractivity contribution in [2.24, 2.45) is 5.92 Å². The maximum absolute atomic E-state index is 15.3. The van der Waals surface area contributed by atoms with Crippen LogP contribution in [0.1, 0.15) is 62.8 Å². The van der Waals surface area contributed by atoms with Gasteiger partial charge in [-0.25, -0.2) is 13.8 Å². The predicted molar refractivity (Wildman–Crippen MR) is 185 cm³/mol. The summed E-state index contributed by atoms with van der Waals surface area (Å²) in [5.41, 5.74) is 1.33. The van der Waals surface area contributed by atoms with Gasteiger partial charge in [-0.05, 0) is 88.4 Å². The van der Waals surface area contributed by atoms with Crippen molar-refractivity contribution < 1.29 is 28.0 Å². The number of carbonyl (C=O) groups is 3. The van der Waals surface area contributed by atoms with Gasteiger partial charge in [-0.1, -0.05) is 11.8 Å². The van der Waals surface area contributed by atoms with E-state index in [1.165, 1.54) is 12.1 Å². The summed E-state index contributed by atoms with van der Waals surface area (Å²) in [6.45, 7) is 3.40. The SMILES string of the molecule is O=CON1C(=O)CCC(Nc2ccc(N3CCC(N4CCC(SCc5nc6cc(C#CC7CC7)cc(F)c6c(=O)[nH]5)CC4)CC3)c(F)c2)C1=O. The fourth-order valence-electron chi connectivity index (χ4n) is 7.00. The molecule has 11 nitrogen and oxygen atoms in total. The maximum atomic E-state index is 15.3. The third kappa shape index (κ3) is 7.63. The Hall–Kier alpha value is -4.48. The molecule has 3 saturated heterocycles. The van der Waals surface area contributed by atoms with Gasteiger partial charge < -0.3 is 24.9 Å². The molecule has 1 saturated carbocycles. The smallest absolute Gasteiger partial charge is 0.321 e. The minimum absolute atomic E-state index is 0.0227. The molecule has 2 amide bonds. The molecule has 4 aliphatic rings. The Balaban J connectivity index is 0.878. The third-order valence-electron chi connectivity index (χ3n) is 9.87. The van der Waals surface area contributed by atoms with Crippen LogP contribution in [0.3, 0.4) is 0 Å². The lowest BCUT2D eigenvalue weighted by Crippen LogP contribution is -2.50. The molecule has 2 aromatic carbocycles. The monoisotopic (exact) mass is 704 g/mol. The number of aromatic amines is 1. The normalized spacial score (nSPS) is 20.9. The molecule has 14 heteroatoms. The molecule has 1 aliphatic carbocycles. The van der Waals surface area contributed by atoms with Gasteiger partial charge in [0.15, 0.2) is 0 Å². The zero-order valence-electron chi connectivity index (χ0n) is 27.5. The highest BCUT2D eigenvalue weighted by atomic mass is 32.2. The highest BCUT2D eigenvalue weighted by Gasteiger charge is 2.36. The molecule has 0 spiro atoms. The number of benzene rings is 2. The summed E-state index contributed by atoms with van der Waals surface area (Å²) in [5, 5.41) is 3.80. The fraction of sp³-hybridized carbons (Fsp3) is 0.472. The number of amides is 2. The van der Waals surface area contributed by atoms with E-state index < -0.39 is 35.0 Å². The van der Waals surface area contributed by atoms with Crippen LogP contribution in [0.4, 0.5) is 20.2 Å². The first-order valence-corrected chi connectivity index (χ1v) is 18.2. The lowest BCUT2D eigenvalue weighted by molar-refractivity contribution is -0.197. The average Bonchev–Trinajstić information content (AvgIpc) is 3.95. The molecule has 2 N–H and O–H groups in total. The number of thioether (sulfide) groups is 1. The second-order valence-corrected chi connectivity index (χ2v) is 14.6. The van der Waals surface area contributed by atoms with Crippen molar-refractivity contribution in [1.29, 1.82) is 0 Å². The number of likely N-dealkylation sites (tertiary alicyclic amines) is 1. The number of piperidine rings is 3. The number of fused-ring (bicyclic) bond motifs is 1. The number of hydroxylamine groups is 2. The molecule has 1 aromatic heterocycles. The van der Waals surface area contributed by atoms with Gasteiger partial charge in [0.05, 0.1) is 17.0 Å². The first-order valence-electron chi connectivity index (χ1n) is 17.1. The molecule has 4 fully saturated rings. The molecule has 7 rings (SSSR count). The number of carbonyl (C=O) groups excluding carboxylic acids is 3. The van der Waals surface area contributed by atoms with Gasteiger partial charge in [0.2, 0.25) is 0 Å². The van der Waals surface area contributed by atoms with E-state index >= 15 is 4.39 Å². The first kappa shape index (κ1) is 34.0. The van der Waals surface area contributed by atoms with Crippen LogP contribution < -0.4 is 15.8 Å². The van der Waals surface area contributed by atoms with Crippen LogP contribution in [0.2, 0.25) is 0 Å². The molecule has 1 atom stereocenters. The van der Waals surface area contributed by atoms with E-state index in [9.17, 15) is 23.6 Å². The standard InChI is InChI=1S/C36H38F2N6O5S/c37-27-19-24(39-29-6-8-33(46)44(36(29)48)49-21-45)5-7-31(27)43-13-9-25(10-14-43)42-15-11-26(12-16-42)50-20-32-40-30-18-23(4-3-22-1-2-22)17-28(38)34(30)35(47)41-32/h5,7,17-19,21-22,25-26,29,39H,1-2,6,8-16,20H2,(H,40,41,47). The number of hydrogen-bond donors (Lipinski definition) is 2. The summed E-state index contributed by atoms with van der Waals surface area (Å²) < 4.78 is 30.0. The lowest BCUT2D eigenvalue weighted by atomic mass is 9.99. The number of anilines is 2. The van der Waals surface area contributed by atoms with E-state index in [1.54, 1.807) is 30.0 Å². The molecule has 3 aromatic rings. The number of hydrogen-bond acceptors (Lipinski definition) is 10. The number of imide groups is 1. The van der Waals surface area contributed by atoms with Crippen LogP contribution in [0.5, 0.6) is 0 Å². The van der Waals surface area contributed by atoms with E-state index in [2.05, 4.69) is 36.9 Å². The van der Waals surface area contributed by atoms with Gasteiger partial charge in [0.25, 0.3) is 17.4 Å². The summed E-state index contributed by atoms with van der Waals surface area (Å²) in [6.07, 6.45) is 6.26. The van der Waals surface area contributed by atoms with E-state index in [0.717, 1.165) is 64.7 Å². The Kier molecular flexibility index (Phi) is 10.1. The maximum Gasteiger partial charge on any atom is 0.321 e. The van der Waals surface area contributed by atoms with Gasteiger partial charge in [-0.3, -0.25) is 19.2 Å². The highest BCUT2D eigenvalue weighted by Crippen LogP contribution is 2.32. The molecule has 4 heterocycles. The highest BCUT2D eigenvalue weighted by molar-refractivity contribution is 7.99. The quantitative estimate of drug-likeness (QED) is 0.189. The zero-order chi connectivity index (χ0) is 34.8. The Morgan fingerprint density at radius 3 is 2.48 bits per heavy atom. The topological polar surface area (TPSA) is 128 Å². The number of rotatable bonds is 9. The summed E-state index contributed by atoms with van der Waals surface area (Å²) in [5.74, 6) is 5.35. The zero-order valence-corrected chi connectivity index (χ0v) is 28.3. The Morgan fingerprint density at radius 1 is 0.980 bits per heavy atom. The Bertz CT molecular complexity index is 1910. The van der Waals surface area contributed by atoms with Crippen molar-refractivity contribution in [2.75, 3.05) is 36.4 Å². The average molecular weight is 705 g/mol. The minimum atomic E-state index is -0.813. The van der Waals surface area contributed by atoms with E-state index in [-0.39, 0.29) is 24.7 Å². The van der Waals surface area contributed by atoms with Crippen LogP contribution in [-0.4, -0.2) is 81.7 Å². The molecule has 0 bridgehead atoms. The summed E-state index contributed by atoms with van der Waals surface area (Å²) >= 11 is 1.77. The van der Waals surface area contributed by atoms with Crippen LogP contribution in [0.15, 0.2) is 35.1 Å². The van der Waals surface area contributed by atoms with Gasteiger partial charge >= 0.3 is 6.47 Å². The van der Waals surface area contributed by atoms with Crippen molar-refractivity contribution in [3.8, 4) is 11.8 Å². The van der Waals surface area contributed by atoms with Crippen LogP contribution in [-0.2, 0) is 25.0 Å². The Morgan fingerprint density at radius 2 is 1.76 bits per heavy atom. The predicted octanol–water partition coefficient (Wildman–Crippen LogP) is 4.35. The van der Waals surface area contributed by atoms with Crippen molar-refractivity contribution >= 4 is 52.3 Å². The van der Waals surface area contributed by atoms with Crippen molar-refractivity contribution in [3.63, 3.8) is 0 Å². The van der Waals surface area contributed by atoms with Crippen LogP contribution in [0.25, 0.3) is 10.9 Å². The molecular formula is C36H38F2N6O5S. The Labute approximate surface area is 292 Å². The molecule has 50 heavy (non-hydrogen) atoms. The van der Waals surface area contributed by atoms with Gasteiger partial charge in [-0.2, -0.15) is 11.8 Å². The number of nitrogens with zero attached hydrogens (tertiary/aromatic N) is 4. The minimum Gasteiger partial charge on any atom is -0.373 e. The fourth-order valence-corrected chi connectivity index (χ4v) is 8.08. The number of aromatic nitrogens is 2. The van der Waals surface area contributed by atoms with Crippen molar-refractivity contribution in [1.82, 2.24) is 19.9 Å². The van der Waals surface area contributed by atoms with Gasteiger partial charge in [0, 0.05) is 48.0 Å². The second-order valence-electron chi connectivity index (χ2n) is 13.3. The summed E-state index contributed by atoms with van der Waals surface area (Å²) in [4.78, 5) is 64.2. The van der Waals surface area contributed by atoms with E-state index in [0.29, 0.717) is 56.3 Å². The lowest BCUT2D eigenvalue weighted by Gasteiger charge is -2.42. The number of halogens is 2. The molecule has 3 aliphatic heterocycles. The summed E-state index contributed by atoms with van der Waals surface area (Å²) in [6, 6.07) is 7.39. The van der Waals surface area contributed by atoms with E-state index in [1.807, 2.05) is 4.90 Å². The van der Waals surface area contributed by atoms with Gasteiger partial charge in [0.1, 0.15) is 28.9 Å². The third-order valence-corrected chi connectivity index (χ3v) is 11.3. The second kappa shape index (κ2) is 14.8. The van der Waals surface area contributed by atoms with Gasteiger partial charge in [-0.15, -0.1) is 5.06 Å². The largest absolute Gasteiger partial charge is 0.373 e. The van der Waals surface area contributed by atoms with Crippen molar-refractivity contribution in [2.45, 2.75) is 74.5 Å². The number of nitrogens with one attached hydrogen (secondary N) is 2. The first-order chi connectivity index (χ1) is 24.2. The summed E-state index contributed by atoms with van der Waals surface area (Å²) in [7, 11) is 0.